The van der Waals surface area contributed by atoms with Gasteiger partial charge in [0.25, 0.3) is 0 Å². The van der Waals surface area contributed by atoms with E-state index >= 15 is 0 Å². The van der Waals surface area contributed by atoms with E-state index in [1.807, 2.05) is 32.0 Å². The molecule has 2 rings (SSSR count). The Balaban J connectivity index is 2.33. The van der Waals surface area contributed by atoms with Crippen LogP contribution >= 0.6 is 0 Å². The number of primary amides is 1. The van der Waals surface area contributed by atoms with E-state index in [-0.39, 0.29) is 5.91 Å². The second-order valence-corrected chi connectivity index (χ2v) is 5.05. The standard InChI is InChI=1S/C16H21N5O/c1-3-5-13(15(17)22)20-14-10-12(4-2)19-16(21-14)11-6-8-18-9-7-11/h6-10,13H,3-5H2,1-2H3,(H2,17,22)(H,19,20,21)/t13-/m0/s1. The second kappa shape index (κ2) is 7.49. The number of hydrogen-bond acceptors (Lipinski definition) is 5. The molecule has 0 fully saturated rings. The van der Waals surface area contributed by atoms with E-state index in [9.17, 15) is 4.79 Å². The van der Waals surface area contributed by atoms with Crippen molar-refractivity contribution in [2.24, 2.45) is 5.73 Å². The number of aromatic nitrogens is 3. The predicted octanol–water partition coefficient (Wildman–Crippen LogP) is 2.17. The topological polar surface area (TPSA) is 93.8 Å². The highest BCUT2D eigenvalue weighted by Gasteiger charge is 2.15. The lowest BCUT2D eigenvalue weighted by Crippen LogP contribution is -2.35. The summed E-state index contributed by atoms with van der Waals surface area (Å²) in [6, 6.07) is 5.15. The zero-order chi connectivity index (χ0) is 15.9. The maximum Gasteiger partial charge on any atom is 0.239 e. The smallest absolute Gasteiger partial charge is 0.239 e. The summed E-state index contributed by atoms with van der Waals surface area (Å²) in [5.74, 6) is 0.865. The van der Waals surface area contributed by atoms with Gasteiger partial charge in [-0.05, 0) is 25.0 Å². The van der Waals surface area contributed by atoms with E-state index in [0.29, 0.717) is 18.1 Å². The van der Waals surface area contributed by atoms with Crippen molar-refractivity contribution in [1.82, 2.24) is 15.0 Å². The van der Waals surface area contributed by atoms with Crippen molar-refractivity contribution < 1.29 is 4.79 Å². The average Bonchev–Trinajstić information content (AvgIpc) is 2.55. The normalized spacial score (nSPS) is 11.9. The molecule has 0 aliphatic rings. The molecule has 0 unspecified atom stereocenters. The average molecular weight is 299 g/mol. The molecule has 2 heterocycles. The first-order chi connectivity index (χ1) is 10.6. The fourth-order valence-corrected chi connectivity index (χ4v) is 2.14. The van der Waals surface area contributed by atoms with Gasteiger partial charge in [0, 0.05) is 29.7 Å². The first-order valence-electron chi connectivity index (χ1n) is 7.48. The molecule has 2 aromatic heterocycles. The molecule has 0 aromatic carbocycles. The Bertz CT molecular complexity index is 630. The van der Waals surface area contributed by atoms with Gasteiger partial charge in [0.05, 0.1) is 0 Å². The van der Waals surface area contributed by atoms with Crippen LogP contribution in [-0.2, 0) is 11.2 Å². The molecule has 6 nitrogen and oxygen atoms in total. The molecule has 116 valence electrons. The molecule has 22 heavy (non-hydrogen) atoms. The van der Waals surface area contributed by atoms with Crippen LogP contribution in [0.2, 0.25) is 0 Å². The lowest BCUT2D eigenvalue weighted by Gasteiger charge is -2.16. The van der Waals surface area contributed by atoms with Crippen molar-refractivity contribution in [3.05, 3.63) is 36.3 Å². The number of carbonyl (C=O) groups excluding carboxylic acids is 1. The lowest BCUT2D eigenvalue weighted by atomic mass is 10.1. The molecular weight excluding hydrogens is 278 g/mol. The molecular formula is C16H21N5O. The van der Waals surface area contributed by atoms with Crippen LogP contribution < -0.4 is 11.1 Å². The van der Waals surface area contributed by atoms with Gasteiger partial charge in [-0.3, -0.25) is 9.78 Å². The van der Waals surface area contributed by atoms with Crippen LogP contribution in [0.4, 0.5) is 5.82 Å². The largest absolute Gasteiger partial charge is 0.368 e. The molecule has 0 aliphatic heterocycles. The molecule has 0 saturated carbocycles. The molecule has 0 saturated heterocycles. The molecule has 6 heteroatoms. The van der Waals surface area contributed by atoms with Crippen LogP contribution in [-0.4, -0.2) is 26.9 Å². The Morgan fingerprint density at radius 1 is 1.27 bits per heavy atom. The van der Waals surface area contributed by atoms with E-state index in [2.05, 4.69) is 20.3 Å². The Labute approximate surface area is 130 Å². The molecule has 2 aromatic rings. The minimum atomic E-state index is -0.421. The first-order valence-corrected chi connectivity index (χ1v) is 7.48. The van der Waals surface area contributed by atoms with Crippen LogP contribution in [0, 0.1) is 0 Å². The minimum Gasteiger partial charge on any atom is -0.368 e. The number of anilines is 1. The van der Waals surface area contributed by atoms with Crippen molar-refractivity contribution in [2.75, 3.05) is 5.32 Å². The zero-order valence-corrected chi connectivity index (χ0v) is 12.9. The van der Waals surface area contributed by atoms with Gasteiger partial charge in [-0.1, -0.05) is 20.3 Å². The summed E-state index contributed by atoms with van der Waals surface area (Å²) in [4.78, 5) is 24.5. The van der Waals surface area contributed by atoms with Crippen LogP contribution in [0.1, 0.15) is 32.4 Å². The number of hydrogen-bond donors (Lipinski definition) is 2. The summed E-state index contributed by atoms with van der Waals surface area (Å²) in [6.07, 6.45) is 5.72. The highest BCUT2D eigenvalue weighted by molar-refractivity contribution is 5.82. The summed E-state index contributed by atoms with van der Waals surface area (Å²) in [5, 5.41) is 3.12. The van der Waals surface area contributed by atoms with E-state index < -0.39 is 6.04 Å². The van der Waals surface area contributed by atoms with Gasteiger partial charge in [-0.2, -0.15) is 0 Å². The number of nitrogens with one attached hydrogen (secondary N) is 1. The molecule has 0 aliphatic carbocycles. The van der Waals surface area contributed by atoms with Crippen molar-refractivity contribution in [1.29, 1.82) is 0 Å². The zero-order valence-electron chi connectivity index (χ0n) is 12.9. The van der Waals surface area contributed by atoms with E-state index in [1.54, 1.807) is 12.4 Å². The highest BCUT2D eigenvalue weighted by atomic mass is 16.1. The Hall–Kier alpha value is -2.50. The van der Waals surface area contributed by atoms with Gasteiger partial charge in [-0.15, -0.1) is 0 Å². The molecule has 0 radical (unpaired) electrons. The first kappa shape index (κ1) is 15.9. The van der Waals surface area contributed by atoms with Crippen molar-refractivity contribution in [3.63, 3.8) is 0 Å². The fourth-order valence-electron chi connectivity index (χ4n) is 2.14. The molecule has 0 bridgehead atoms. The van der Waals surface area contributed by atoms with Crippen LogP contribution in [0.5, 0.6) is 0 Å². The maximum absolute atomic E-state index is 11.5. The highest BCUT2D eigenvalue weighted by Crippen LogP contribution is 2.18. The third-order valence-electron chi connectivity index (χ3n) is 3.32. The second-order valence-electron chi connectivity index (χ2n) is 5.05. The minimum absolute atomic E-state index is 0.371. The predicted molar refractivity (Wildman–Crippen MR) is 86.2 cm³/mol. The number of nitrogens with two attached hydrogens (primary N) is 1. The van der Waals surface area contributed by atoms with E-state index in [4.69, 9.17) is 5.73 Å². The van der Waals surface area contributed by atoms with Gasteiger partial charge in [-0.25, -0.2) is 9.97 Å². The summed E-state index contributed by atoms with van der Waals surface area (Å²) < 4.78 is 0. The number of nitrogens with zero attached hydrogens (tertiary/aromatic N) is 3. The van der Waals surface area contributed by atoms with Gasteiger partial charge < -0.3 is 11.1 Å². The number of rotatable bonds is 7. The Morgan fingerprint density at radius 3 is 2.59 bits per heavy atom. The quantitative estimate of drug-likeness (QED) is 0.817. The van der Waals surface area contributed by atoms with Crippen molar-refractivity contribution in [3.8, 4) is 11.4 Å². The fraction of sp³-hybridized carbons (Fsp3) is 0.375. The third-order valence-corrected chi connectivity index (χ3v) is 3.32. The maximum atomic E-state index is 11.5. The van der Waals surface area contributed by atoms with Crippen molar-refractivity contribution in [2.45, 2.75) is 39.2 Å². The van der Waals surface area contributed by atoms with Crippen LogP contribution in [0.15, 0.2) is 30.6 Å². The van der Waals surface area contributed by atoms with Gasteiger partial charge in [0.2, 0.25) is 5.91 Å². The van der Waals surface area contributed by atoms with Crippen LogP contribution in [0.25, 0.3) is 11.4 Å². The number of pyridine rings is 1. The molecule has 1 atom stereocenters. The molecule has 0 spiro atoms. The molecule has 1 amide bonds. The summed E-state index contributed by atoms with van der Waals surface area (Å²) in [7, 11) is 0. The summed E-state index contributed by atoms with van der Waals surface area (Å²) in [6.45, 7) is 4.04. The van der Waals surface area contributed by atoms with Crippen molar-refractivity contribution >= 4 is 11.7 Å². The third kappa shape index (κ3) is 4.00. The van der Waals surface area contributed by atoms with E-state index in [0.717, 1.165) is 24.1 Å². The van der Waals surface area contributed by atoms with Crippen LogP contribution in [0.3, 0.4) is 0 Å². The van der Waals surface area contributed by atoms with Gasteiger partial charge in [0.15, 0.2) is 5.82 Å². The Morgan fingerprint density at radius 2 is 2.00 bits per heavy atom. The van der Waals surface area contributed by atoms with E-state index in [1.165, 1.54) is 0 Å². The number of amides is 1. The SMILES string of the molecule is CCC[C@H](Nc1cc(CC)nc(-c2ccncc2)n1)C(N)=O. The summed E-state index contributed by atoms with van der Waals surface area (Å²) >= 11 is 0. The molecule has 3 N–H and O–H groups in total. The van der Waals surface area contributed by atoms with Gasteiger partial charge >= 0.3 is 0 Å². The number of aryl methyl sites for hydroxylation is 1. The lowest BCUT2D eigenvalue weighted by molar-refractivity contribution is -0.118. The van der Waals surface area contributed by atoms with Gasteiger partial charge in [0.1, 0.15) is 11.9 Å². The monoisotopic (exact) mass is 299 g/mol. The summed E-state index contributed by atoms with van der Waals surface area (Å²) in [5.41, 5.74) is 7.23. The number of carbonyl (C=O) groups is 1. The Kier molecular flexibility index (Phi) is 5.41.